The minimum absolute atomic E-state index is 0.274. The molecule has 0 fully saturated rings. The van der Waals surface area contributed by atoms with Crippen LogP contribution in [0.4, 0.5) is 0 Å². The molecule has 1 heterocycles. The van der Waals surface area contributed by atoms with Crippen LogP contribution in [0.25, 0.3) is 0 Å². The van der Waals surface area contributed by atoms with Gasteiger partial charge in [0, 0.05) is 24.7 Å². The lowest BCUT2D eigenvalue weighted by Gasteiger charge is -2.27. The van der Waals surface area contributed by atoms with Crippen molar-refractivity contribution in [1.29, 1.82) is 0 Å². The molecule has 80 valence electrons. The summed E-state index contributed by atoms with van der Waals surface area (Å²) in [4.78, 5) is 2.27. The summed E-state index contributed by atoms with van der Waals surface area (Å²) in [5.41, 5.74) is 6.92. The Morgan fingerprint density at radius 1 is 1.50 bits per heavy atom. The first-order valence-electron chi connectivity index (χ1n) is 5.07. The molecule has 3 heteroatoms. The summed E-state index contributed by atoms with van der Waals surface area (Å²) >= 11 is 0. The second-order valence-corrected chi connectivity index (χ2v) is 4.14. The second-order valence-electron chi connectivity index (χ2n) is 4.14. The van der Waals surface area contributed by atoms with E-state index >= 15 is 0 Å². The zero-order chi connectivity index (χ0) is 10.6. The van der Waals surface area contributed by atoms with Crippen LogP contribution in [-0.2, 0) is 0 Å². The van der Waals surface area contributed by atoms with Crippen LogP contribution in [0.2, 0.25) is 0 Å². The SMILES string of the molecule is CC(C)CN(C)C(CN)c1ccoc1. The number of nitrogens with two attached hydrogens (primary N) is 1. The minimum atomic E-state index is 0.274. The maximum Gasteiger partial charge on any atom is 0.0950 e. The van der Waals surface area contributed by atoms with Crippen molar-refractivity contribution in [3.8, 4) is 0 Å². The number of hydrogen-bond acceptors (Lipinski definition) is 3. The molecule has 0 saturated heterocycles. The van der Waals surface area contributed by atoms with Gasteiger partial charge in [0.15, 0.2) is 0 Å². The Labute approximate surface area is 85.9 Å². The molecular weight excluding hydrogens is 176 g/mol. The largest absolute Gasteiger partial charge is 0.472 e. The van der Waals surface area contributed by atoms with Gasteiger partial charge in [-0.15, -0.1) is 0 Å². The van der Waals surface area contributed by atoms with Crippen LogP contribution < -0.4 is 5.73 Å². The molecule has 1 aromatic heterocycles. The van der Waals surface area contributed by atoms with Crippen molar-refractivity contribution in [1.82, 2.24) is 4.90 Å². The van der Waals surface area contributed by atoms with Gasteiger partial charge in [0.25, 0.3) is 0 Å². The van der Waals surface area contributed by atoms with Crippen LogP contribution in [-0.4, -0.2) is 25.0 Å². The monoisotopic (exact) mass is 196 g/mol. The van der Waals surface area contributed by atoms with E-state index in [1.54, 1.807) is 12.5 Å². The fraction of sp³-hybridized carbons (Fsp3) is 0.636. The van der Waals surface area contributed by atoms with Crippen molar-refractivity contribution in [3.05, 3.63) is 24.2 Å². The molecule has 0 aliphatic heterocycles. The van der Waals surface area contributed by atoms with Crippen molar-refractivity contribution in [2.75, 3.05) is 20.1 Å². The third-order valence-electron chi connectivity index (χ3n) is 2.34. The lowest BCUT2D eigenvalue weighted by molar-refractivity contribution is 0.223. The highest BCUT2D eigenvalue weighted by Crippen LogP contribution is 2.19. The van der Waals surface area contributed by atoms with Gasteiger partial charge in [-0.3, -0.25) is 4.90 Å². The molecule has 2 N–H and O–H groups in total. The zero-order valence-corrected chi connectivity index (χ0v) is 9.23. The Morgan fingerprint density at radius 3 is 2.64 bits per heavy atom. The van der Waals surface area contributed by atoms with Crippen LogP contribution in [0.15, 0.2) is 23.0 Å². The van der Waals surface area contributed by atoms with Crippen LogP contribution in [0.3, 0.4) is 0 Å². The molecule has 1 aromatic rings. The summed E-state index contributed by atoms with van der Waals surface area (Å²) in [7, 11) is 2.10. The fourth-order valence-electron chi connectivity index (χ4n) is 1.74. The highest BCUT2D eigenvalue weighted by Gasteiger charge is 2.16. The van der Waals surface area contributed by atoms with Gasteiger partial charge < -0.3 is 10.2 Å². The Kier molecular flexibility index (Phi) is 4.17. The molecule has 0 bridgehead atoms. The first kappa shape index (κ1) is 11.3. The third kappa shape index (κ3) is 2.86. The lowest BCUT2D eigenvalue weighted by atomic mass is 10.1. The van der Waals surface area contributed by atoms with E-state index in [9.17, 15) is 0 Å². The normalized spacial score (nSPS) is 13.9. The zero-order valence-electron chi connectivity index (χ0n) is 9.23. The number of nitrogens with zero attached hydrogens (tertiary/aromatic N) is 1. The van der Waals surface area contributed by atoms with Gasteiger partial charge in [0.2, 0.25) is 0 Å². The first-order chi connectivity index (χ1) is 6.65. The first-order valence-corrected chi connectivity index (χ1v) is 5.07. The van der Waals surface area contributed by atoms with Gasteiger partial charge in [-0.05, 0) is 19.0 Å². The highest BCUT2D eigenvalue weighted by atomic mass is 16.3. The molecule has 3 nitrogen and oxygen atoms in total. The van der Waals surface area contributed by atoms with E-state index in [1.165, 1.54) is 0 Å². The number of hydrogen-bond donors (Lipinski definition) is 1. The van der Waals surface area contributed by atoms with Crippen molar-refractivity contribution in [2.24, 2.45) is 11.7 Å². The topological polar surface area (TPSA) is 42.4 Å². The third-order valence-corrected chi connectivity index (χ3v) is 2.34. The smallest absolute Gasteiger partial charge is 0.0950 e. The van der Waals surface area contributed by atoms with E-state index in [0.29, 0.717) is 12.5 Å². The molecule has 1 atom stereocenters. The molecule has 0 amide bonds. The molecule has 0 aliphatic rings. The van der Waals surface area contributed by atoms with Gasteiger partial charge in [-0.1, -0.05) is 13.8 Å². The Hall–Kier alpha value is -0.800. The fourth-order valence-corrected chi connectivity index (χ4v) is 1.74. The second kappa shape index (κ2) is 5.17. The number of likely N-dealkylation sites (N-methyl/N-ethyl adjacent to an activating group) is 1. The van der Waals surface area contributed by atoms with E-state index in [4.69, 9.17) is 10.2 Å². The van der Waals surface area contributed by atoms with Crippen molar-refractivity contribution < 1.29 is 4.42 Å². The van der Waals surface area contributed by atoms with Crippen LogP contribution >= 0.6 is 0 Å². The Bertz CT molecular complexity index is 244. The molecular formula is C11H20N2O. The Morgan fingerprint density at radius 2 is 2.21 bits per heavy atom. The van der Waals surface area contributed by atoms with Crippen molar-refractivity contribution in [3.63, 3.8) is 0 Å². The lowest BCUT2D eigenvalue weighted by Crippen LogP contribution is -2.32. The summed E-state index contributed by atoms with van der Waals surface area (Å²) in [5, 5.41) is 0. The van der Waals surface area contributed by atoms with Gasteiger partial charge in [0.05, 0.1) is 12.5 Å². The van der Waals surface area contributed by atoms with Gasteiger partial charge >= 0.3 is 0 Å². The van der Waals surface area contributed by atoms with E-state index in [2.05, 4.69) is 25.8 Å². The summed E-state index contributed by atoms with van der Waals surface area (Å²) in [6.07, 6.45) is 3.47. The molecule has 0 saturated carbocycles. The van der Waals surface area contributed by atoms with Crippen LogP contribution in [0, 0.1) is 5.92 Å². The van der Waals surface area contributed by atoms with Crippen molar-refractivity contribution >= 4 is 0 Å². The van der Waals surface area contributed by atoms with E-state index in [0.717, 1.165) is 12.1 Å². The maximum absolute atomic E-state index is 5.76. The van der Waals surface area contributed by atoms with Gasteiger partial charge in [-0.2, -0.15) is 0 Å². The van der Waals surface area contributed by atoms with E-state index in [1.807, 2.05) is 6.07 Å². The predicted molar refractivity (Wildman–Crippen MR) is 58.0 cm³/mol. The van der Waals surface area contributed by atoms with Gasteiger partial charge in [-0.25, -0.2) is 0 Å². The van der Waals surface area contributed by atoms with E-state index < -0.39 is 0 Å². The minimum Gasteiger partial charge on any atom is -0.472 e. The molecule has 0 aliphatic carbocycles. The standard InChI is InChI=1S/C11H20N2O/c1-9(2)7-13(3)11(6-12)10-4-5-14-8-10/h4-5,8-9,11H,6-7,12H2,1-3H3. The summed E-state index contributed by atoms with van der Waals surface area (Å²) < 4.78 is 5.07. The number of rotatable bonds is 5. The average molecular weight is 196 g/mol. The van der Waals surface area contributed by atoms with Crippen LogP contribution in [0.1, 0.15) is 25.5 Å². The molecule has 0 spiro atoms. The predicted octanol–water partition coefficient (Wildman–Crippen LogP) is 1.87. The summed E-state index contributed by atoms with van der Waals surface area (Å²) in [6.45, 7) is 6.09. The number of furan rings is 1. The van der Waals surface area contributed by atoms with Crippen molar-refractivity contribution in [2.45, 2.75) is 19.9 Å². The summed E-state index contributed by atoms with van der Waals surface area (Å²) in [6, 6.07) is 2.25. The summed E-state index contributed by atoms with van der Waals surface area (Å²) in [5.74, 6) is 0.654. The quantitative estimate of drug-likeness (QED) is 0.781. The highest BCUT2D eigenvalue weighted by molar-refractivity contribution is 5.12. The molecule has 1 unspecified atom stereocenters. The molecule has 0 radical (unpaired) electrons. The maximum atomic E-state index is 5.76. The van der Waals surface area contributed by atoms with Gasteiger partial charge in [0.1, 0.15) is 0 Å². The van der Waals surface area contributed by atoms with Crippen LogP contribution in [0.5, 0.6) is 0 Å². The van der Waals surface area contributed by atoms with E-state index in [-0.39, 0.29) is 6.04 Å². The molecule has 0 aromatic carbocycles. The molecule has 1 rings (SSSR count). The molecule has 14 heavy (non-hydrogen) atoms. The Balaban J connectivity index is 2.62. The average Bonchev–Trinajstić information content (AvgIpc) is 2.57.